The number of benzene rings is 3. The molecule has 5 nitrogen and oxygen atoms in total. The van der Waals surface area contributed by atoms with Crippen molar-refractivity contribution >= 4 is 39.3 Å². The first-order valence-corrected chi connectivity index (χ1v) is 10.5. The molecule has 0 spiro atoms. The van der Waals surface area contributed by atoms with Crippen LogP contribution in [0.1, 0.15) is 22.3 Å². The molecule has 0 aromatic heterocycles. The first kappa shape index (κ1) is 20.9. The number of nitrogens with zero attached hydrogens (tertiary/aromatic N) is 2. The van der Waals surface area contributed by atoms with Crippen LogP contribution >= 0.6 is 15.9 Å². The van der Waals surface area contributed by atoms with Crippen LogP contribution in [0.4, 0.5) is 10.1 Å². The maximum absolute atomic E-state index is 14.4. The summed E-state index contributed by atoms with van der Waals surface area (Å²) in [6, 6.07) is 20.5. The molecule has 1 saturated heterocycles. The molecule has 1 heterocycles. The monoisotopic (exact) mass is 480 g/mol. The lowest BCUT2D eigenvalue weighted by Gasteiger charge is -2.28. The molecular formula is C24H18BrFN2O3. The predicted octanol–water partition coefficient (Wildman–Crippen LogP) is 4.56. The van der Waals surface area contributed by atoms with Gasteiger partial charge in [-0.15, -0.1) is 0 Å². The van der Waals surface area contributed by atoms with E-state index in [1.54, 1.807) is 30.3 Å². The predicted molar refractivity (Wildman–Crippen MR) is 118 cm³/mol. The Morgan fingerprint density at radius 1 is 0.968 bits per heavy atom. The highest BCUT2D eigenvalue weighted by molar-refractivity contribution is 9.10. The fraction of sp³-hybridized carbons (Fsp3) is 0.125. The summed E-state index contributed by atoms with van der Waals surface area (Å²) in [4.78, 5) is 41.7. The van der Waals surface area contributed by atoms with Crippen molar-refractivity contribution in [3.05, 3.63) is 100 Å². The van der Waals surface area contributed by atoms with Gasteiger partial charge in [-0.25, -0.2) is 9.29 Å². The van der Waals surface area contributed by atoms with E-state index in [0.717, 1.165) is 14.9 Å². The molecule has 0 radical (unpaired) electrons. The molecular weight excluding hydrogens is 463 g/mol. The Morgan fingerprint density at radius 2 is 1.61 bits per heavy atom. The Labute approximate surface area is 187 Å². The number of carbonyl (C=O) groups excluding carboxylic acids is 3. The lowest BCUT2D eigenvalue weighted by molar-refractivity contribution is -0.122. The number of carbonyl (C=O) groups is 3. The van der Waals surface area contributed by atoms with Crippen molar-refractivity contribution in [1.29, 1.82) is 0 Å². The normalized spacial score (nSPS) is 15.9. The van der Waals surface area contributed by atoms with Gasteiger partial charge in [0, 0.05) is 11.0 Å². The summed E-state index contributed by atoms with van der Waals surface area (Å²) in [7, 11) is 0. The average molecular weight is 481 g/mol. The second kappa shape index (κ2) is 8.81. The number of halogens is 2. The molecule has 0 N–H and O–H groups in total. The highest BCUT2D eigenvalue weighted by Gasteiger charge is 2.44. The van der Waals surface area contributed by atoms with E-state index >= 15 is 0 Å². The van der Waals surface area contributed by atoms with Gasteiger partial charge in [-0.2, -0.15) is 0 Å². The van der Waals surface area contributed by atoms with Crippen molar-refractivity contribution in [3.63, 3.8) is 0 Å². The summed E-state index contributed by atoms with van der Waals surface area (Å²) in [6.07, 6.45) is -0.165. The van der Waals surface area contributed by atoms with Gasteiger partial charge in [-0.3, -0.25) is 14.4 Å². The van der Waals surface area contributed by atoms with Gasteiger partial charge < -0.3 is 4.90 Å². The van der Waals surface area contributed by atoms with Gasteiger partial charge in [0.2, 0.25) is 5.91 Å². The van der Waals surface area contributed by atoms with Gasteiger partial charge in [0.25, 0.3) is 11.8 Å². The van der Waals surface area contributed by atoms with Crippen LogP contribution in [0.2, 0.25) is 0 Å². The second-order valence-corrected chi connectivity index (χ2v) is 8.08. The zero-order chi connectivity index (χ0) is 22.0. The zero-order valence-corrected chi connectivity index (χ0v) is 18.0. The van der Waals surface area contributed by atoms with Crippen LogP contribution < -0.4 is 4.90 Å². The van der Waals surface area contributed by atoms with Crippen molar-refractivity contribution < 1.29 is 18.8 Å². The van der Waals surface area contributed by atoms with Crippen LogP contribution in [-0.2, 0) is 16.1 Å². The summed E-state index contributed by atoms with van der Waals surface area (Å²) < 4.78 is 15.2. The molecule has 4 rings (SSSR count). The fourth-order valence-electron chi connectivity index (χ4n) is 3.61. The van der Waals surface area contributed by atoms with Gasteiger partial charge in [0.05, 0.1) is 17.7 Å². The maximum Gasteiger partial charge on any atom is 0.257 e. The van der Waals surface area contributed by atoms with E-state index in [2.05, 4.69) is 15.9 Å². The van der Waals surface area contributed by atoms with Gasteiger partial charge in [-0.1, -0.05) is 58.4 Å². The molecule has 1 aliphatic heterocycles. The van der Waals surface area contributed by atoms with E-state index < -0.39 is 29.6 Å². The molecule has 31 heavy (non-hydrogen) atoms. The van der Waals surface area contributed by atoms with Crippen LogP contribution in [0.25, 0.3) is 0 Å². The van der Waals surface area contributed by atoms with Crippen LogP contribution in [-0.4, -0.2) is 28.7 Å². The van der Waals surface area contributed by atoms with Crippen molar-refractivity contribution in [2.75, 3.05) is 4.90 Å². The van der Waals surface area contributed by atoms with Crippen molar-refractivity contribution in [1.82, 2.24) is 4.90 Å². The smallest absolute Gasteiger partial charge is 0.257 e. The van der Waals surface area contributed by atoms with Gasteiger partial charge in [0.15, 0.2) is 0 Å². The minimum atomic E-state index is -1.02. The third kappa shape index (κ3) is 4.27. The average Bonchev–Trinajstić information content (AvgIpc) is 3.07. The first-order chi connectivity index (χ1) is 15.0. The number of anilines is 1. The number of hydrogen-bond acceptors (Lipinski definition) is 3. The highest BCUT2D eigenvalue weighted by Crippen LogP contribution is 2.29. The summed E-state index contributed by atoms with van der Waals surface area (Å²) in [5.41, 5.74) is 1.06. The quantitative estimate of drug-likeness (QED) is 0.502. The number of rotatable bonds is 5. The van der Waals surface area contributed by atoms with E-state index in [1.165, 1.54) is 23.1 Å². The van der Waals surface area contributed by atoms with Crippen LogP contribution in [0.3, 0.4) is 0 Å². The van der Waals surface area contributed by atoms with Crippen molar-refractivity contribution in [3.8, 4) is 0 Å². The Bertz CT molecular complexity index is 1140. The molecule has 3 aromatic carbocycles. The van der Waals surface area contributed by atoms with Crippen LogP contribution in [0, 0.1) is 5.82 Å². The van der Waals surface area contributed by atoms with E-state index in [1.807, 2.05) is 30.3 Å². The Hall–Kier alpha value is -3.32. The van der Waals surface area contributed by atoms with Gasteiger partial charge in [0.1, 0.15) is 11.9 Å². The number of amides is 3. The molecule has 1 aliphatic rings. The molecule has 0 saturated carbocycles. The second-order valence-electron chi connectivity index (χ2n) is 7.16. The largest absolute Gasteiger partial charge is 0.322 e. The summed E-state index contributed by atoms with van der Waals surface area (Å²) in [5, 5.41) is 0. The highest BCUT2D eigenvalue weighted by atomic mass is 79.9. The summed E-state index contributed by atoms with van der Waals surface area (Å²) >= 11 is 3.33. The Morgan fingerprint density at radius 3 is 2.29 bits per heavy atom. The lowest BCUT2D eigenvalue weighted by atomic mass is 10.1. The number of imide groups is 1. The van der Waals surface area contributed by atoms with Crippen molar-refractivity contribution in [2.45, 2.75) is 19.0 Å². The van der Waals surface area contributed by atoms with Gasteiger partial charge in [-0.05, 0) is 42.0 Å². The third-order valence-corrected chi connectivity index (χ3v) is 5.67. The summed E-state index contributed by atoms with van der Waals surface area (Å²) in [6.45, 7) is 0.0753. The SMILES string of the molecule is O=C1CC(N(Cc2ccccc2)C(=O)c2ccccc2F)C(=O)N1c1ccc(Br)cc1. The fourth-order valence-corrected chi connectivity index (χ4v) is 3.88. The summed E-state index contributed by atoms with van der Waals surface area (Å²) in [5.74, 6) is -2.22. The van der Waals surface area contributed by atoms with E-state index in [4.69, 9.17) is 0 Å². The molecule has 156 valence electrons. The molecule has 1 atom stereocenters. The maximum atomic E-state index is 14.4. The minimum Gasteiger partial charge on any atom is -0.322 e. The molecule has 1 fully saturated rings. The number of hydrogen-bond donors (Lipinski definition) is 0. The molecule has 1 unspecified atom stereocenters. The molecule has 7 heteroatoms. The van der Waals surface area contributed by atoms with E-state index in [9.17, 15) is 18.8 Å². The minimum absolute atomic E-state index is 0.0753. The topological polar surface area (TPSA) is 57.7 Å². The van der Waals surface area contributed by atoms with Crippen LogP contribution in [0.5, 0.6) is 0 Å². The van der Waals surface area contributed by atoms with Gasteiger partial charge >= 0.3 is 0 Å². The first-order valence-electron chi connectivity index (χ1n) is 9.67. The Balaban J connectivity index is 1.70. The zero-order valence-electron chi connectivity index (χ0n) is 16.4. The van der Waals surface area contributed by atoms with E-state index in [-0.39, 0.29) is 18.5 Å². The molecule has 3 aromatic rings. The lowest BCUT2D eigenvalue weighted by Crippen LogP contribution is -2.45. The van der Waals surface area contributed by atoms with E-state index in [0.29, 0.717) is 5.69 Å². The molecule has 0 aliphatic carbocycles. The van der Waals surface area contributed by atoms with Crippen molar-refractivity contribution in [2.24, 2.45) is 0 Å². The molecule has 3 amide bonds. The Kier molecular flexibility index (Phi) is 5.95. The van der Waals surface area contributed by atoms with Crippen LogP contribution in [0.15, 0.2) is 83.3 Å². The standard InChI is InChI=1S/C24H18BrFN2O3/c25-17-10-12-18(13-11-17)28-22(29)14-21(24(28)31)27(15-16-6-2-1-3-7-16)23(30)19-8-4-5-9-20(19)26/h1-13,21H,14-15H2. The molecule has 0 bridgehead atoms. The third-order valence-electron chi connectivity index (χ3n) is 5.14.